The summed E-state index contributed by atoms with van der Waals surface area (Å²) in [7, 11) is 0. The van der Waals surface area contributed by atoms with Gasteiger partial charge in [-0.25, -0.2) is 0 Å². The zero-order valence-corrected chi connectivity index (χ0v) is 7.89. The molecule has 0 aromatic heterocycles. The Morgan fingerprint density at radius 2 is 1.86 bits per heavy atom. The summed E-state index contributed by atoms with van der Waals surface area (Å²) in [5.74, 6) is 0. The molecule has 0 rings (SSSR count). The van der Waals surface area contributed by atoms with Crippen LogP contribution in [0.3, 0.4) is 0 Å². The van der Waals surface area contributed by atoms with Gasteiger partial charge in [0.15, 0.2) is 0 Å². The Bertz CT molecular complexity index is 23.4. The zero-order valence-electron chi connectivity index (χ0n) is 5.04. The molecule has 0 saturated carbocycles. The summed E-state index contributed by atoms with van der Waals surface area (Å²) in [5.41, 5.74) is 0. The standard InChI is InChI=1S/C6H13.Sn/c1-3-5-6-4-2;/h1,3-6H2,2H3;/q;+3. The molecular formula is C6H13Sn+3. The molecule has 0 nitrogen and oxygen atoms in total. The van der Waals surface area contributed by atoms with Crippen molar-refractivity contribution in [2.75, 3.05) is 0 Å². The van der Waals surface area contributed by atoms with Gasteiger partial charge in [-0.15, -0.1) is 0 Å². The van der Waals surface area contributed by atoms with Crippen LogP contribution in [0.2, 0.25) is 4.44 Å². The number of rotatable bonds is 4. The average Bonchev–Trinajstić information content (AvgIpc) is 1.69. The van der Waals surface area contributed by atoms with Gasteiger partial charge in [0.1, 0.15) is 0 Å². The van der Waals surface area contributed by atoms with Crippen molar-refractivity contribution >= 4 is 22.5 Å². The summed E-state index contributed by atoms with van der Waals surface area (Å²) < 4.78 is 1.45. The molecule has 38 valence electrons. The van der Waals surface area contributed by atoms with Gasteiger partial charge in [0.05, 0.1) is 0 Å². The van der Waals surface area contributed by atoms with E-state index in [1.807, 2.05) is 0 Å². The van der Waals surface area contributed by atoms with E-state index in [0.29, 0.717) is 0 Å². The van der Waals surface area contributed by atoms with Crippen LogP contribution in [-0.2, 0) is 0 Å². The van der Waals surface area contributed by atoms with E-state index < -0.39 is 0 Å². The summed E-state index contributed by atoms with van der Waals surface area (Å²) in [5, 5.41) is 0. The van der Waals surface area contributed by atoms with Crippen LogP contribution >= 0.6 is 0 Å². The van der Waals surface area contributed by atoms with Crippen molar-refractivity contribution in [3.05, 3.63) is 0 Å². The normalized spacial score (nSPS) is 9.57. The van der Waals surface area contributed by atoms with Crippen molar-refractivity contribution in [1.82, 2.24) is 0 Å². The molecule has 0 radical (unpaired) electrons. The van der Waals surface area contributed by atoms with Crippen molar-refractivity contribution in [1.29, 1.82) is 0 Å². The molecule has 0 aliphatic heterocycles. The summed E-state index contributed by atoms with van der Waals surface area (Å²) in [4.78, 5) is 0. The summed E-state index contributed by atoms with van der Waals surface area (Å²) in [6, 6.07) is 0. The molecule has 0 heterocycles. The van der Waals surface area contributed by atoms with Crippen molar-refractivity contribution in [3.63, 3.8) is 0 Å². The fourth-order valence-corrected chi connectivity index (χ4v) is 1.27. The van der Waals surface area contributed by atoms with E-state index in [1.54, 1.807) is 22.5 Å². The SMILES string of the molecule is CCCCC[CH2][Sn+3]. The van der Waals surface area contributed by atoms with Gasteiger partial charge in [0.25, 0.3) is 0 Å². The molecule has 0 N–H and O–H groups in total. The van der Waals surface area contributed by atoms with Crippen LogP contribution in [0, 0.1) is 0 Å². The number of hydrogen-bond donors (Lipinski definition) is 0. The van der Waals surface area contributed by atoms with Crippen molar-refractivity contribution in [2.24, 2.45) is 0 Å². The van der Waals surface area contributed by atoms with Crippen LogP contribution in [0.4, 0.5) is 0 Å². The van der Waals surface area contributed by atoms with Crippen molar-refractivity contribution in [2.45, 2.75) is 37.0 Å². The van der Waals surface area contributed by atoms with Crippen LogP contribution in [0.15, 0.2) is 0 Å². The Hall–Kier alpha value is 0.799. The molecule has 0 saturated heterocycles. The molecule has 0 fully saturated rings. The Morgan fingerprint density at radius 1 is 1.14 bits per heavy atom. The third kappa shape index (κ3) is 6.80. The van der Waals surface area contributed by atoms with Gasteiger partial charge in [0, 0.05) is 0 Å². The van der Waals surface area contributed by atoms with Gasteiger partial charge in [-0.1, -0.05) is 0 Å². The van der Waals surface area contributed by atoms with Crippen LogP contribution in [0.5, 0.6) is 0 Å². The van der Waals surface area contributed by atoms with Crippen molar-refractivity contribution in [3.8, 4) is 0 Å². The van der Waals surface area contributed by atoms with Crippen LogP contribution in [0.1, 0.15) is 32.6 Å². The maximum absolute atomic E-state index is 2.25. The Kier molecular flexibility index (Phi) is 7.57. The molecule has 0 aromatic carbocycles. The van der Waals surface area contributed by atoms with Crippen LogP contribution < -0.4 is 0 Å². The molecule has 0 spiro atoms. The maximum atomic E-state index is 2.25. The number of unbranched alkanes of at least 4 members (excludes halogenated alkanes) is 3. The topological polar surface area (TPSA) is 0 Å². The first-order chi connectivity index (χ1) is 3.41. The van der Waals surface area contributed by atoms with E-state index >= 15 is 0 Å². The summed E-state index contributed by atoms with van der Waals surface area (Å²) in [6.07, 6.45) is 5.73. The Morgan fingerprint density at radius 3 is 2.29 bits per heavy atom. The first-order valence-electron chi connectivity index (χ1n) is 3.06. The molecule has 0 unspecified atom stereocenters. The van der Waals surface area contributed by atoms with Gasteiger partial charge in [0.2, 0.25) is 0 Å². The molecule has 0 bridgehead atoms. The third-order valence-corrected chi connectivity index (χ3v) is 2.04. The minimum absolute atomic E-state index is 1.37. The van der Waals surface area contributed by atoms with E-state index in [-0.39, 0.29) is 0 Å². The second kappa shape index (κ2) is 6.80. The minimum atomic E-state index is 1.37. The Balaban J connectivity index is 2.45. The van der Waals surface area contributed by atoms with Crippen molar-refractivity contribution < 1.29 is 0 Å². The molecule has 0 aliphatic carbocycles. The van der Waals surface area contributed by atoms with Gasteiger partial charge in [-0.2, -0.15) is 0 Å². The fourth-order valence-electron chi connectivity index (χ4n) is 0.552. The summed E-state index contributed by atoms with van der Waals surface area (Å²) >= 11 is 1.70. The van der Waals surface area contributed by atoms with E-state index in [9.17, 15) is 0 Å². The number of hydrogen-bond acceptors (Lipinski definition) is 0. The predicted molar refractivity (Wildman–Crippen MR) is 34.7 cm³/mol. The van der Waals surface area contributed by atoms with Crippen LogP contribution in [0.25, 0.3) is 0 Å². The van der Waals surface area contributed by atoms with E-state index in [4.69, 9.17) is 0 Å². The van der Waals surface area contributed by atoms with Gasteiger partial charge >= 0.3 is 59.6 Å². The monoisotopic (exact) mass is 205 g/mol. The average molecular weight is 204 g/mol. The molecule has 0 aliphatic rings. The van der Waals surface area contributed by atoms with Crippen LogP contribution in [-0.4, -0.2) is 22.5 Å². The van der Waals surface area contributed by atoms with Gasteiger partial charge in [-0.05, 0) is 0 Å². The second-order valence-corrected chi connectivity index (χ2v) is 3.24. The molecule has 0 aromatic rings. The second-order valence-electron chi connectivity index (χ2n) is 1.81. The zero-order chi connectivity index (χ0) is 5.54. The van der Waals surface area contributed by atoms with E-state index in [2.05, 4.69) is 6.92 Å². The fraction of sp³-hybridized carbons (Fsp3) is 1.00. The molecule has 0 atom stereocenters. The quantitative estimate of drug-likeness (QED) is 0.486. The van der Waals surface area contributed by atoms with Gasteiger partial charge in [-0.3, -0.25) is 0 Å². The summed E-state index contributed by atoms with van der Waals surface area (Å²) in [6.45, 7) is 2.25. The third-order valence-electron chi connectivity index (χ3n) is 1.03. The molecule has 0 amide bonds. The first kappa shape index (κ1) is 7.80. The first-order valence-corrected chi connectivity index (χ1v) is 5.08. The van der Waals surface area contributed by atoms with E-state index in [1.165, 1.54) is 30.1 Å². The molecule has 7 heavy (non-hydrogen) atoms. The van der Waals surface area contributed by atoms with E-state index in [0.717, 1.165) is 0 Å². The molecular weight excluding hydrogens is 191 g/mol. The Labute approximate surface area is 59.8 Å². The molecule has 1 heteroatoms. The predicted octanol–water partition coefficient (Wildman–Crippen LogP) is 2.15. The van der Waals surface area contributed by atoms with Gasteiger partial charge < -0.3 is 0 Å².